The molecule has 0 aliphatic carbocycles. The largest absolute Gasteiger partial charge is 0.338 e. The van der Waals surface area contributed by atoms with Crippen molar-refractivity contribution >= 4 is 11.0 Å². The van der Waals surface area contributed by atoms with Crippen molar-refractivity contribution in [1.29, 1.82) is 0 Å². The summed E-state index contributed by atoms with van der Waals surface area (Å²) in [7, 11) is 0. The van der Waals surface area contributed by atoms with Gasteiger partial charge in [0, 0.05) is 0 Å². The van der Waals surface area contributed by atoms with E-state index in [1.807, 2.05) is 36.4 Å². The van der Waals surface area contributed by atoms with E-state index >= 15 is 0 Å². The molecule has 0 saturated heterocycles. The Balaban J connectivity index is 2.09. The molecule has 0 amide bonds. The van der Waals surface area contributed by atoms with Crippen LogP contribution in [0.15, 0.2) is 42.5 Å². The molecule has 2 aromatic carbocycles. The summed E-state index contributed by atoms with van der Waals surface area (Å²) in [6.45, 7) is 11.2. The number of rotatable bonds is 4. The van der Waals surface area contributed by atoms with Crippen molar-refractivity contribution in [1.82, 2.24) is 15.0 Å². The van der Waals surface area contributed by atoms with Gasteiger partial charge in [0.15, 0.2) is 5.75 Å². The van der Waals surface area contributed by atoms with Crippen molar-refractivity contribution in [2.75, 3.05) is 0 Å². The lowest BCUT2D eigenvalue weighted by Crippen LogP contribution is -2.25. The molecule has 0 spiro atoms. The number of nitrogens with zero attached hydrogens (tertiary/aromatic N) is 3. The standard InChI is InChI=1S/C20H25N3O2/c1-19(2,3)13-20(4,5)14-10-11-18(25-24)17(12-14)23-21-15-8-6-7-9-16(15)22-23/h6-12,24H,13H2,1-5H3. The maximum absolute atomic E-state index is 9.27. The molecule has 0 radical (unpaired) electrons. The number of fused-ring (bicyclic) bond motifs is 1. The maximum Gasteiger partial charge on any atom is 0.192 e. The zero-order valence-corrected chi connectivity index (χ0v) is 15.4. The van der Waals surface area contributed by atoms with E-state index in [0.29, 0.717) is 11.4 Å². The molecule has 3 rings (SSSR count). The van der Waals surface area contributed by atoms with Gasteiger partial charge in [-0.05, 0) is 47.1 Å². The summed E-state index contributed by atoms with van der Waals surface area (Å²) in [6.07, 6.45) is 1.02. The second kappa shape index (κ2) is 6.15. The van der Waals surface area contributed by atoms with E-state index in [9.17, 15) is 5.26 Å². The molecule has 25 heavy (non-hydrogen) atoms. The summed E-state index contributed by atoms with van der Waals surface area (Å²) < 4.78 is 0. The molecular formula is C20H25N3O2. The third-order valence-corrected chi connectivity index (χ3v) is 4.31. The highest BCUT2D eigenvalue weighted by Crippen LogP contribution is 2.38. The molecule has 3 aromatic rings. The smallest absolute Gasteiger partial charge is 0.192 e. The quantitative estimate of drug-likeness (QED) is 0.537. The fourth-order valence-electron chi connectivity index (χ4n) is 3.57. The van der Waals surface area contributed by atoms with E-state index in [1.54, 1.807) is 6.07 Å². The van der Waals surface area contributed by atoms with Gasteiger partial charge in [0.05, 0.1) is 0 Å². The second-order valence-electron chi connectivity index (χ2n) is 8.37. The van der Waals surface area contributed by atoms with Crippen LogP contribution in [0.5, 0.6) is 5.75 Å². The van der Waals surface area contributed by atoms with Crippen molar-refractivity contribution < 1.29 is 10.1 Å². The van der Waals surface area contributed by atoms with Crippen molar-refractivity contribution in [2.45, 2.75) is 46.5 Å². The SMILES string of the molecule is CC(C)(C)CC(C)(C)c1ccc(OO)c(-n2nc3ccccc3n2)c1. The van der Waals surface area contributed by atoms with Gasteiger partial charge in [0.2, 0.25) is 0 Å². The lowest BCUT2D eigenvalue weighted by Gasteiger charge is -2.33. The minimum Gasteiger partial charge on any atom is -0.338 e. The number of aromatic nitrogens is 3. The molecule has 0 aliphatic heterocycles. The van der Waals surface area contributed by atoms with E-state index in [1.165, 1.54) is 4.80 Å². The average molecular weight is 339 g/mol. The van der Waals surface area contributed by atoms with E-state index in [-0.39, 0.29) is 10.8 Å². The molecule has 0 unspecified atom stereocenters. The number of hydrogen-bond acceptors (Lipinski definition) is 4. The van der Waals surface area contributed by atoms with Crippen molar-refractivity contribution in [3.63, 3.8) is 0 Å². The molecule has 0 atom stereocenters. The topological polar surface area (TPSA) is 60.2 Å². The summed E-state index contributed by atoms with van der Waals surface area (Å²) in [6, 6.07) is 13.4. The highest BCUT2D eigenvalue weighted by atomic mass is 17.1. The Hall–Kier alpha value is -2.40. The van der Waals surface area contributed by atoms with Gasteiger partial charge >= 0.3 is 0 Å². The zero-order valence-electron chi connectivity index (χ0n) is 15.4. The van der Waals surface area contributed by atoms with Crippen LogP contribution in [0.25, 0.3) is 16.7 Å². The van der Waals surface area contributed by atoms with Crippen LogP contribution in [-0.4, -0.2) is 20.3 Å². The molecule has 132 valence electrons. The zero-order chi connectivity index (χ0) is 18.2. The van der Waals surface area contributed by atoms with Gasteiger partial charge in [-0.3, -0.25) is 0 Å². The van der Waals surface area contributed by atoms with Gasteiger partial charge in [0.1, 0.15) is 16.7 Å². The molecular weight excluding hydrogens is 314 g/mol. The molecule has 0 bridgehead atoms. The predicted octanol–water partition coefficient (Wildman–Crippen LogP) is 4.99. The molecule has 1 N–H and O–H groups in total. The molecule has 1 aromatic heterocycles. The molecule has 1 heterocycles. The summed E-state index contributed by atoms with van der Waals surface area (Å²) in [5.41, 5.74) is 3.54. The minimum absolute atomic E-state index is 0.0342. The Kier molecular flexibility index (Phi) is 4.29. The van der Waals surface area contributed by atoms with E-state index in [2.05, 4.69) is 49.7 Å². The Bertz CT molecular complexity index is 858. The maximum atomic E-state index is 9.27. The van der Waals surface area contributed by atoms with Crippen molar-refractivity contribution in [3.05, 3.63) is 48.0 Å². The highest BCUT2D eigenvalue weighted by Gasteiger charge is 2.28. The van der Waals surface area contributed by atoms with Crippen LogP contribution in [0.4, 0.5) is 0 Å². The van der Waals surface area contributed by atoms with Crippen LogP contribution < -0.4 is 4.89 Å². The summed E-state index contributed by atoms with van der Waals surface area (Å²) in [5.74, 6) is 0.329. The van der Waals surface area contributed by atoms with Crippen LogP contribution in [0.2, 0.25) is 0 Å². The first kappa shape index (κ1) is 17.4. The molecule has 0 aliphatic rings. The second-order valence-corrected chi connectivity index (χ2v) is 8.37. The Morgan fingerprint density at radius 1 is 0.960 bits per heavy atom. The molecule has 0 saturated carbocycles. The Morgan fingerprint density at radius 3 is 2.08 bits per heavy atom. The number of hydrogen-bond donors (Lipinski definition) is 1. The van der Waals surface area contributed by atoms with Crippen LogP contribution >= 0.6 is 0 Å². The normalized spacial score (nSPS) is 12.6. The van der Waals surface area contributed by atoms with Crippen LogP contribution in [-0.2, 0) is 5.41 Å². The van der Waals surface area contributed by atoms with Crippen molar-refractivity contribution in [2.24, 2.45) is 5.41 Å². The lowest BCUT2D eigenvalue weighted by molar-refractivity contribution is -0.137. The average Bonchev–Trinajstić information content (AvgIpc) is 2.95. The third kappa shape index (κ3) is 3.66. The first-order valence-electron chi connectivity index (χ1n) is 8.48. The summed E-state index contributed by atoms with van der Waals surface area (Å²) >= 11 is 0. The Labute approximate surface area is 148 Å². The van der Waals surface area contributed by atoms with Crippen LogP contribution in [0, 0.1) is 5.41 Å². The van der Waals surface area contributed by atoms with E-state index < -0.39 is 0 Å². The monoisotopic (exact) mass is 339 g/mol. The van der Waals surface area contributed by atoms with Gasteiger partial charge in [-0.25, -0.2) is 5.26 Å². The molecule has 0 fully saturated rings. The fourth-order valence-corrected chi connectivity index (χ4v) is 3.57. The van der Waals surface area contributed by atoms with E-state index in [4.69, 9.17) is 0 Å². The molecule has 5 nitrogen and oxygen atoms in total. The van der Waals surface area contributed by atoms with Gasteiger partial charge in [0.25, 0.3) is 0 Å². The fraction of sp³-hybridized carbons (Fsp3) is 0.400. The van der Waals surface area contributed by atoms with Gasteiger partial charge < -0.3 is 4.89 Å². The van der Waals surface area contributed by atoms with Gasteiger partial charge in [-0.1, -0.05) is 52.8 Å². The summed E-state index contributed by atoms with van der Waals surface area (Å²) in [5, 5.41) is 18.3. The molecule has 5 heteroatoms. The van der Waals surface area contributed by atoms with Crippen LogP contribution in [0.1, 0.15) is 46.6 Å². The number of benzene rings is 2. The summed E-state index contributed by atoms with van der Waals surface area (Å²) in [4.78, 5) is 6.08. The van der Waals surface area contributed by atoms with Gasteiger partial charge in [-0.2, -0.15) is 0 Å². The minimum atomic E-state index is -0.0342. The first-order chi connectivity index (χ1) is 11.7. The third-order valence-electron chi connectivity index (χ3n) is 4.31. The Morgan fingerprint density at radius 2 is 1.56 bits per heavy atom. The first-order valence-corrected chi connectivity index (χ1v) is 8.48. The lowest BCUT2D eigenvalue weighted by atomic mass is 9.72. The van der Waals surface area contributed by atoms with E-state index in [0.717, 1.165) is 23.0 Å². The van der Waals surface area contributed by atoms with Crippen LogP contribution in [0.3, 0.4) is 0 Å². The van der Waals surface area contributed by atoms with Gasteiger partial charge in [-0.15, -0.1) is 15.0 Å². The highest BCUT2D eigenvalue weighted by molar-refractivity contribution is 5.73. The van der Waals surface area contributed by atoms with Crippen molar-refractivity contribution in [3.8, 4) is 11.4 Å². The predicted molar refractivity (Wildman–Crippen MR) is 99.2 cm³/mol.